The maximum atomic E-state index is 12.4. The van der Waals surface area contributed by atoms with Gasteiger partial charge in [0.2, 0.25) is 5.89 Å². The molecule has 6 nitrogen and oxygen atoms in total. The van der Waals surface area contributed by atoms with Gasteiger partial charge in [-0.3, -0.25) is 4.79 Å². The quantitative estimate of drug-likeness (QED) is 0.829. The van der Waals surface area contributed by atoms with E-state index >= 15 is 0 Å². The summed E-state index contributed by atoms with van der Waals surface area (Å²) in [5.74, 6) is 1.07. The summed E-state index contributed by atoms with van der Waals surface area (Å²) in [6.07, 6.45) is 5.87. The standard InChI is InChI=1S/C13H15N3O3/c1-9-14-12(19-15-9)11-4-2-3-6-16(11)13(17)10-5-7-18-8-10/h5,7-8,11H,2-4,6H2,1H3/t11-/m1/s1. The topological polar surface area (TPSA) is 72.4 Å². The number of hydrogen-bond acceptors (Lipinski definition) is 5. The highest BCUT2D eigenvalue weighted by atomic mass is 16.5. The van der Waals surface area contributed by atoms with E-state index in [1.165, 1.54) is 12.5 Å². The molecule has 1 aliphatic rings. The largest absolute Gasteiger partial charge is 0.472 e. The van der Waals surface area contributed by atoms with Gasteiger partial charge in [0.1, 0.15) is 12.3 Å². The molecule has 0 N–H and O–H groups in total. The van der Waals surface area contributed by atoms with Gasteiger partial charge in [0.15, 0.2) is 5.82 Å². The third-order valence-corrected chi connectivity index (χ3v) is 3.36. The summed E-state index contributed by atoms with van der Waals surface area (Å²) in [7, 11) is 0. The molecule has 1 fully saturated rings. The van der Waals surface area contributed by atoms with Crippen molar-refractivity contribution in [2.75, 3.05) is 6.54 Å². The fourth-order valence-corrected chi connectivity index (χ4v) is 2.43. The molecule has 0 saturated carbocycles. The minimum absolute atomic E-state index is 0.0469. The number of aromatic nitrogens is 2. The lowest BCUT2D eigenvalue weighted by atomic mass is 10.0. The summed E-state index contributed by atoms with van der Waals surface area (Å²) >= 11 is 0. The van der Waals surface area contributed by atoms with Crippen molar-refractivity contribution < 1.29 is 13.7 Å². The number of piperidine rings is 1. The highest BCUT2D eigenvalue weighted by molar-refractivity contribution is 5.94. The van der Waals surface area contributed by atoms with Crippen LogP contribution in [-0.4, -0.2) is 27.5 Å². The molecule has 0 aliphatic carbocycles. The summed E-state index contributed by atoms with van der Waals surface area (Å²) in [6, 6.07) is 1.55. The predicted molar refractivity (Wildman–Crippen MR) is 65.4 cm³/mol. The van der Waals surface area contributed by atoms with Crippen LogP contribution in [0.1, 0.15) is 47.4 Å². The Morgan fingerprint density at radius 2 is 2.37 bits per heavy atom. The summed E-state index contributed by atoms with van der Waals surface area (Å²) in [6.45, 7) is 2.48. The van der Waals surface area contributed by atoms with Crippen molar-refractivity contribution >= 4 is 5.91 Å². The van der Waals surface area contributed by atoms with Crippen LogP contribution in [0.5, 0.6) is 0 Å². The second-order valence-electron chi connectivity index (χ2n) is 4.70. The second kappa shape index (κ2) is 4.87. The van der Waals surface area contributed by atoms with Gasteiger partial charge in [0.25, 0.3) is 5.91 Å². The Kier molecular flexibility index (Phi) is 3.06. The van der Waals surface area contributed by atoms with Crippen LogP contribution in [0.25, 0.3) is 0 Å². The smallest absolute Gasteiger partial charge is 0.257 e. The zero-order valence-corrected chi connectivity index (χ0v) is 10.7. The average molecular weight is 261 g/mol. The molecule has 0 spiro atoms. The van der Waals surface area contributed by atoms with Gasteiger partial charge in [-0.1, -0.05) is 5.16 Å². The van der Waals surface area contributed by atoms with Crippen LogP contribution in [0.3, 0.4) is 0 Å². The average Bonchev–Trinajstić information content (AvgIpc) is 3.09. The zero-order valence-electron chi connectivity index (χ0n) is 10.7. The molecular weight excluding hydrogens is 246 g/mol. The molecule has 1 amide bonds. The van der Waals surface area contributed by atoms with Crippen molar-refractivity contribution in [2.45, 2.75) is 32.2 Å². The molecule has 2 aromatic heterocycles. The van der Waals surface area contributed by atoms with Crippen LogP contribution in [0.4, 0.5) is 0 Å². The maximum Gasteiger partial charge on any atom is 0.257 e. The Labute approximate surface area is 110 Å². The van der Waals surface area contributed by atoms with Gasteiger partial charge in [-0.05, 0) is 32.3 Å². The first-order valence-corrected chi connectivity index (χ1v) is 6.39. The molecule has 0 aromatic carbocycles. The number of nitrogens with zero attached hydrogens (tertiary/aromatic N) is 3. The monoisotopic (exact) mass is 261 g/mol. The van der Waals surface area contributed by atoms with Gasteiger partial charge in [-0.15, -0.1) is 0 Å². The summed E-state index contributed by atoms with van der Waals surface area (Å²) < 4.78 is 10.2. The number of carbonyl (C=O) groups is 1. The fourth-order valence-electron chi connectivity index (χ4n) is 2.43. The van der Waals surface area contributed by atoms with E-state index in [2.05, 4.69) is 10.1 Å². The van der Waals surface area contributed by atoms with E-state index in [1.807, 2.05) is 0 Å². The Balaban J connectivity index is 1.87. The number of amides is 1. The highest BCUT2D eigenvalue weighted by Crippen LogP contribution is 2.31. The van der Waals surface area contributed by atoms with Crippen LogP contribution >= 0.6 is 0 Å². The minimum Gasteiger partial charge on any atom is -0.472 e. The number of hydrogen-bond donors (Lipinski definition) is 0. The van der Waals surface area contributed by atoms with Crippen molar-refractivity contribution in [3.05, 3.63) is 35.9 Å². The third kappa shape index (κ3) is 2.25. The van der Waals surface area contributed by atoms with Crippen LogP contribution in [0.2, 0.25) is 0 Å². The van der Waals surface area contributed by atoms with Crippen LogP contribution in [-0.2, 0) is 0 Å². The lowest BCUT2D eigenvalue weighted by Gasteiger charge is -2.33. The van der Waals surface area contributed by atoms with Crippen molar-refractivity contribution in [2.24, 2.45) is 0 Å². The van der Waals surface area contributed by atoms with Crippen LogP contribution in [0.15, 0.2) is 27.5 Å². The number of aryl methyl sites for hydroxylation is 1. The molecule has 1 atom stereocenters. The van der Waals surface area contributed by atoms with Gasteiger partial charge in [-0.2, -0.15) is 4.98 Å². The molecule has 100 valence electrons. The first kappa shape index (κ1) is 12.0. The molecule has 0 unspecified atom stereocenters. The number of likely N-dealkylation sites (tertiary alicyclic amines) is 1. The molecular formula is C13H15N3O3. The summed E-state index contributed by atoms with van der Waals surface area (Å²) in [5, 5.41) is 3.81. The predicted octanol–water partition coefficient (Wildman–Crippen LogP) is 2.34. The van der Waals surface area contributed by atoms with Crippen LogP contribution in [0, 0.1) is 6.92 Å². The van der Waals surface area contributed by atoms with Gasteiger partial charge in [0, 0.05) is 6.54 Å². The molecule has 0 bridgehead atoms. The van der Waals surface area contributed by atoms with E-state index in [0.717, 1.165) is 19.3 Å². The lowest BCUT2D eigenvalue weighted by Crippen LogP contribution is -2.38. The van der Waals surface area contributed by atoms with Gasteiger partial charge in [0.05, 0.1) is 11.8 Å². The molecule has 19 heavy (non-hydrogen) atoms. The molecule has 1 aliphatic heterocycles. The molecule has 2 aromatic rings. The fraction of sp³-hybridized carbons (Fsp3) is 0.462. The normalized spacial score (nSPS) is 19.6. The van der Waals surface area contributed by atoms with E-state index in [-0.39, 0.29) is 11.9 Å². The van der Waals surface area contributed by atoms with E-state index in [1.54, 1.807) is 17.9 Å². The van der Waals surface area contributed by atoms with Crippen molar-refractivity contribution in [3.8, 4) is 0 Å². The van der Waals surface area contributed by atoms with Crippen molar-refractivity contribution in [1.29, 1.82) is 0 Å². The molecule has 3 heterocycles. The van der Waals surface area contributed by atoms with Gasteiger partial charge >= 0.3 is 0 Å². The summed E-state index contributed by atoms with van der Waals surface area (Å²) in [5.41, 5.74) is 0.558. The second-order valence-corrected chi connectivity index (χ2v) is 4.70. The van der Waals surface area contributed by atoms with Gasteiger partial charge in [-0.25, -0.2) is 0 Å². The third-order valence-electron chi connectivity index (χ3n) is 3.36. The van der Waals surface area contributed by atoms with Crippen molar-refractivity contribution in [3.63, 3.8) is 0 Å². The first-order valence-electron chi connectivity index (χ1n) is 6.39. The number of furan rings is 1. The molecule has 0 radical (unpaired) electrons. The number of carbonyl (C=O) groups excluding carboxylic acids is 1. The lowest BCUT2D eigenvalue weighted by molar-refractivity contribution is 0.0560. The Morgan fingerprint density at radius 1 is 1.47 bits per heavy atom. The minimum atomic E-state index is -0.127. The van der Waals surface area contributed by atoms with E-state index in [9.17, 15) is 4.79 Å². The maximum absolute atomic E-state index is 12.4. The Morgan fingerprint density at radius 3 is 3.05 bits per heavy atom. The Hall–Kier alpha value is -2.11. The molecule has 3 rings (SSSR count). The highest BCUT2D eigenvalue weighted by Gasteiger charge is 2.32. The van der Waals surface area contributed by atoms with Crippen LogP contribution < -0.4 is 0 Å². The molecule has 6 heteroatoms. The summed E-state index contributed by atoms with van der Waals surface area (Å²) in [4.78, 5) is 18.5. The first-order chi connectivity index (χ1) is 9.25. The zero-order chi connectivity index (χ0) is 13.2. The SMILES string of the molecule is Cc1noc([C@H]2CCCCN2C(=O)c2ccoc2)n1. The Bertz CT molecular complexity index is 561. The van der Waals surface area contributed by atoms with E-state index < -0.39 is 0 Å². The van der Waals surface area contributed by atoms with Crippen molar-refractivity contribution in [1.82, 2.24) is 15.0 Å². The number of rotatable bonds is 2. The van der Waals surface area contributed by atoms with E-state index in [4.69, 9.17) is 8.94 Å². The van der Waals surface area contributed by atoms with Gasteiger partial charge < -0.3 is 13.8 Å². The molecule has 1 saturated heterocycles. The van der Waals surface area contributed by atoms with E-state index in [0.29, 0.717) is 23.8 Å².